The minimum atomic E-state index is -3.81. The summed E-state index contributed by atoms with van der Waals surface area (Å²) in [5.41, 5.74) is 1.34. The van der Waals surface area contributed by atoms with Crippen LogP contribution in [0.1, 0.15) is 21.5 Å². The molecular formula is C20H14ClFN4O3S. The molecule has 152 valence electrons. The van der Waals surface area contributed by atoms with E-state index >= 15 is 0 Å². The molecule has 30 heavy (non-hydrogen) atoms. The van der Waals surface area contributed by atoms with Gasteiger partial charge in [0.1, 0.15) is 11.6 Å². The van der Waals surface area contributed by atoms with E-state index in [4.69, 9.17) is 16.9 Å². The molecule has 0 aliphatic carbocycles. The lowest BCUT2D eigenvalue weighted by molar-refractivity contribution is 0.102. The monoisotopic (exact) mass is 444 g/mol. The van der Waals surface area contributed by atoms with E-state index in [-0.39, 0.29) is 27.8 Å². The summed E-state index contributed by atoms with van der Waals surface area (Å²) in [5.74, 6) is -1.52. The molecule has 0 saturated carbocycles. The zero-order chi connectivity index (χ0) is 21.7. The summed E-state index contributed by atoms with van der Waals surface area (Å²) < 4.78 is 40.3. The van der Waals surface area contributed by atoms with Gasteiger partial charge in [-0.05, 0) is 48.0 Å². The Morgan fingerprint density at radius 2 is 1.87 bits per heavy atom. The van der Waals surface area contributed by atoms with Gasteiger partial charge in [-0.15, -0.1) is 0 Å². The Labute approximate surface area is 177 Å². The van der Waals surface area contributed by atoms with Gasteiger partial charge in [0.2, 0.25) is 10.0 Å². The highest BCUT2D eigenvalue weighted by Gasteiger charge is 2.15. The molecule has 0 radical (unpaired) electrons. The molecule has 1 heterocycles. The molecule has 3 aromatic rings. The van der Waals surface area contributed by atoms with Gasteiger partial charge in [-0.3, -0.25) is 9.52 Å². The third-order valence-corrected chi connectivity index (χ3v) is 5.42. The van der Waals surface area contributed by atoms with E-state index in [2.05, 4.69) is 15.0 Å². The smallest absolute Gasteiger partial charge is 0.255 e. The average molecular weight is 445 g/mol. The number of carbonyl (C=O) groups excluding carboxylic acids is 1. The topological polar surface area (TPSA) is 112 Å². The maximum atomic E-state index is 13.2. The van der Waals surface area contributed by atoms with E-state index in [1.165, 1.54) is 42.6 Å². The summed E-state index contributed by atoms with van der Waals surface area (Å²) in [4.78, 5) is 16.3. The van der Waals surface area contributed by atoms with Gasteiger partial charge in [0, 0.05) is 17.4 Å². The van der Waals surface area contributed by atoms with Crippen molar-refractivity contribution in [3.8, 4) is 6.07 Å². The number of nitrogens with zero attached hydrogens (tertiary/aromatic N) is 2. The molecule has 0 aliphatic rings. The fourth-order valence-corrected chi connectivity index (χ4v) is 3.81. The number of benzene rings is 2. The van der Waals surface area contributed by atoms with Crippen molar-refractivity contribution in [3.63, 3.8) is 0 Å². The van der Waals surface area contributed by atoms with Crippen LogP contribution in [0.3, 0.4) is 0 Å². The maximum Gasteiger partial charge on any atom is 0.255 e. The second-order valence-electron chi connectivity index (χ2n) is 6.18. The Bertz CT molecular complexity index is 1240. The Kier molecular flexibility index (Phi) is 6.30. The van der Waals surface area contributed by atoms with Crippen LogP contribution >= 0.6 is 11.6 Å². The molecule has 0 fully saturated rings. The summed E-state index contributed by atoms with van der Waals surface area (Å²) in [6.07, 6.45) is 1.28. The number of carbonyl (C=O) groups is 1. The molecule has 2 N–H and O–H groups in total. The minimum Gasteiger partial charge on any atom is -0.322 e. The number of hydrogen-bond donors (Lipinski definition) is 2. The van der Waals surface area contributed by atoms with Gasteiger partial charge in [-0.1, -0.05) is 23.7 Å². The van der Waals surface area contributed by atoms with E-state index in [1.807, 2.05) is 6.07 Å². The number of nitrogens with one attached hydrogen (secondary N) is 2. The van der Waals surface area contributed by atoms with Crippen LogP contribution in [-0.2, 0) is 15.8 Å². The first kappa shape index (κ1) is 21.2. The van der Waals surface area contributed by atoms with Gasteiger partial charge in [-0.25, -0.2) is 17.8 Å². The maximum absolute atomic E-state index is 13.2. The molecule has 1 amide bonds. The number of hydrogen-bond acceptors (Lipinski definition) is 5. The lowest BCUT2D eigenvalue weighted by Crippen LogP contribution is -2.17. The molecule has 0 aliphatic heterocycles. The number of aromatic nitrogens is 1. The van der Waals surface area contributed by atoms with E-state index < -0.39 is 21.7 Å². The van der Waals surface area contributed by atoms with Gasteiger partial charge in [0.15, 0.2) is 0 Å². The number of sulfonamides is 1. The molecule has 1 aromatic heterocycles. The fourth-order valence-electron chi connectivity index (χ4n) is 2.50. The normalized spacial score (nSPS) is 10.8. The molecule has 0 saturated heterocycles. The molecule has 3 rings (SSSR count). The number of amides is 1. The van der Waals surface area contributed by atoms with E-state index in [0.29, 0.717) is 11.1 Å². The number of anilines is 2. The van der Waals surface area contributed by atoms with E-state index in [9.17, 15) is 17.6 Å². The average Bonchev–Trinajstić information content (AvgIpc) is 2.71. The van der Waals surface area contributed by atoms with Crippen LogP contribution < -0.4 is 10.0 Å². The first-order valence-electron chi connectivity index (χ1n) is 8.48. The highest BCUT2D eigenvalue weighted by atomic mass is 35.5. The number of nitriles is 1. The highest BCUT2D eigenvalue weighted by Crippen LogP contribution is 2.20. The Morgan fingerprint density at radius 1 is 1.13 bits per heavy atom. The lowest BCUT2D eigenvalue weighted by Gasteiger charge is -2.10. The Hall–Kier alpha value is -3.48. The van der Waals surface area contributed by atoms with Crippen molar-refractivity contribution in [2.24, 2.45) is 0 Å². The van der Waals surface area contributed by atoms with Crippen LogP contribution in [0, 0.1) is 17.1 Å². The van der Waals surface area contributed by atoms with Crippen LogP contribution in [0.5, 0.6) is 0 Å². The molecule has 0 atom stereocenters. The van der Waals surface area contributed by atoms with Crippen molar-refractivity contribution in [1.82, 2.24) is 4.98 Å². The van der Waals surface area contributed by atoms with Crippen LogP contribution in [0.2, 0.25) is 5.02 Å². The van der Waals surface area contributed by atoms with Crippen LogP contribution in [-0.4, -0.2) is 19.3 Å². The first-order chi connectivity index (χ1) is 14.3. The lowest BCUT2D eigenvalue weighted by atomic mass is 10.2. The molecular weight excluding hydrogens is 431 g/mol. The van der Waals surface area contributed by atoms with Crippen molar-refractivity contribution in [2.75, 3.05) is 10.0 Å². The fraction of sp³-hybridized carbons (Fsp3) is 0.0500. The minimum absolute atomic E-state index is 0.0339. The van der Waals surface area contributed by atoms with Crippen molar-refractivity contribution in [1.29, 1.82) is 5.26 Å². The van der Waals surface area contributed by atoms with Crippen LogP contribution in [0.25, 0.3) is 0 Å². The van der Waals surface area contributed by atoms with Gasteiger partial charge in [-0.2, -0.15) is 5.26 Å². The summed E-state index contributed by atoms with van der Waals surface area (Å²) in [6.45, 7) is 0. The summed E-state index contributed by atoms with van der Waals surface area (Å²) in [6, 6.07) is 14.5. The second kappa shape index (κ2) is 8.90. The van der Waals surface area contributed by atoms with Crippen LogP contribution in [0.15, 0.2) is 60.8 Å². The second-order valence-corrected chi connectivity index (χ2v) is 8.31. The zero-order valence-corrected chi connectivity index (χ0v) is 16.8. The zero-order valence-electron chi connectivity index (χ0n) is 15.3. The van der Waals surface area contributed by atoms with Gasteiger partial charge < -0.3 is 5.32 Å². The predicted molar refractivity (Wildman–Crippen MR) is 111 cm³/mol. The van der Waals surface area contributed by atoms with Crippen molar-refractivity contribution in [3.05, 3.63) is 88.3 Å². The summed E-state index contributed by atoms with van der Waals surface area (Å²) >= 11 is 5.70. The third kappa shape index (κ3) is 5.53. The van der Waals surface area contributed by atoms with Crippen molar-refractivity contribution in [2.45, 2.75) is 5.75 Å². The van der Waals surface area contributed by atoms with Crippen molar-refractivity contribution < 1.29 is 17.6 Å². The summed E-state index contributed by atoms with van der Waals surface area (Å²) in [7, 11) is -3.81. The molecule has 10 heteroatoms. The standard InChI is InChI=1S/C20H14ClFN4O3S/c21-17-10-16(5-6-18(17)22)25-20(27)15-7-8-24-19(9-15)26-30(28,29)12-14-3-1-13(11-23)2-4-14/h1-10H,12H2,(H,24,26)(H,25,27). The number of halogens is 2. The van der Waals surface area contributed by atoms with Gasteiger partial charge in [0.05, 0.1) is 22.4 Å². The quantitative estimate of drug-likeness (QED) is 0.598. The third-order valence-electron chi connectivity index (χ3n) is 3.90. The highest BCUT2D eigenvalue weighted by molar-refractivity contribution is 7.91. The molecule has 0 bridgehead atoms. The first-order valence-corrected chi connectivity index (χ1v) is 10.5. The predicted octanol–water partition coefficient (Wildman–Crippen LogP) is 3.94. The van der Waals surface area contributed by atoms with E-state index in [0.717, 1.165) is 6.07 Å². The largest absolute Gasteiger partial charge is 0.322 e. The molecule has 0 spiro atoms. The Morgan fingerprint density at radius 3 is 2.53 bits per heavy atom. The molecule has 0 unspecified atom stereocenters. The number of rotatable bonds is 6. The molecule has 2 aromatic carbocycles. The Balaban J connectivity index is 1.71. The van der Waals surface area contributed by atoms with Gasteiger partial charge in [0.25, 0.3) is 5.91 Å². The number of pyridine rings is 1. The SMILES string of the molecule is N#Cc1ccc(CS(=O)(=O)Nc2cc(C(=O)Nc3ccc(F)c(Cl)c3)ccn2)cc1. The van der Waals surface area contributed by atoms with Gasteiger partial charge >= 0.3 is 0 Å². The van der Waals surface area contributed by atoms with Crippen LogP contribution in [0.4, 0.5) is 15.9 Å². The summed E-state index contributed by atoms with van der Waals surface area (Å²) in [5, 5.41) is 11.2. The van der Waals surface area contributed by atoms with Crippen molar-refractivity contribution >= 4 is 39.0 Å². The molecule has 7 nitrogen and oxygen atoms in total. The van der Waals surface area contributed by atoms with E-state index in [1.54, 1.807) is 12.1 Å².